The van der Waals surface area contributed by atoms with Crippen LogP contribution in [0.25, 0.3) is 0 Å². The molecule has 1 fully saturated rings. The Morgan fingerprint density at radius 3 is 2.66 bits per heavy atom. The molecule has 7 nitrogen and oxygen atoms in total. The molecule has 2 aromatic rings. The lowest BCUT2D eigenvalue weighted by atomic mass is 9.78. The minimum Gasteiger partial charge on any atom is -0.481 e. The highest BCUT2D eigenvalue weighted by molar-refractivity contribution is 9.10. The van der Waals surface area contributed by atoms with Crippen molar-refractivity contribution >= 4 is 45.0 Å². The summed E-state index contributed by atoms with van der Waals surface area (Å²) in [6, 6.07) is 3.81. The number of rotatable bonds is 5. The van der Waals surface area contributed by atoms with Crippen molar-refractivity contribution in [1.29, 1.82) is 0 Å². The molecule has 1 aliphatic carbocycles. The van der Waals surface area contributed by atoms with Gasteiger partial charge >= 0.3 is 11.9 Å². The quantitative estimate of drug-likeness (QED) is 0.563. The van der Waals surface area contributed by atoms with E-state index in [4.69, 9.17) is 9.73 Å². The molecule has 0 spiro atoms. The summed E-state index contributed by atoms with van der Waals surface area (Å²) in [6.07, 6.45) is 3.88. The first kappa shape index (κ1) is 22.6. The van der Waals surface area contributed by atoms with Crippen LogP contribution in [-0.2, 0) is 14.3 Å². The van der Waals surface area contributed by atoms with Crippen LogP contribution in [0.4, 0.5) is 4.39 Å². The van der Waals surface area contributed by atoms with Gasteiger partial charge in [0.1, 0.15) is 11.9 Å². The molecular weight excluding hydrogens is 501 g/mol. The first-order chi connectivity index (χ1) is 15.4. The number of methoxy groups -OCH3 is 1. The van der Waals surface area contributed by atoms with Crippen molar-refractivity contribution in [2.24, 2.45) is 16.8 Å². The van der Waals surface area contributed by atoms with E-state index in [1.807, 2.05) is 5.38 Å². The lowest BCUT2D eigenvalue weighted by molar-refractivity contribution is -0.143. The number of aliphatic imine (C=N–C) groups is 1. The maximum Gasteiger partial charge on any atom is 0.338 e. The number of aliphatic carboxylic acids is 1. The second kappa shape index (κ2) is 9.50. The summed E-state index contributed by atoms with van der Waals surface area (Å²) in [7, 11) is 1.30. The standard InChI is InChI=1S/C22H21BrFN3O4S/c1-31-22(30)15-17(11-5-7-12(8-6-11)21(28)29)26-19(20-25-9-10-32-20)27-18(15)13-3-2-4-14(24)16(13)23/h2-4,9-12,18H,5-8H2,1H3,(H,26,27)(H,28,29)/t11?,12?,18-/m0/s1. The molecule has 0 unspecified atom stereocenters. The van der Waals surface area contributed by atoms with E-state index in [-0.39, 0.29) is 10.4 Å². The van der Waals surface area contributed by atoms with Crippen LogP contribution >= 0.6 is 27.3 Å². The van der Waals surface area contributed by atoms with E-state index in [1.165, 1.54) is 24.5 Å². The van der Waals surface area contributed by atoms with Gasteiger partial charge in [0.25, 0.3) is 0 Å². The Balaban J connectivity index is 1.83. The average Bonchev–Trinajstić information content (AvgIpc) is 3.35. The Morgan fingerprint density at radius 2 is 2.03 bits per heavy atom. The molecule has 168 valence electrons. The van der Waals surface area contributed by atoms with Gasteiger partial charge in [0.2, 0.25) is 0 Å². The molecule has 1 atom stereocenters. The van der Waals surface area contributed by atoms with Gasteiger partial charge in [-0.05, 0) is 59.2 Å². The zero-order chi connectivity index (χ0) is 22.8. The number of esters is 1. The third-order valence-corrected chi connectivity index (χ3v) is 7.49. The average molecular weight is 522 g/mol. The number of carboxylic acid groups (broad SMARTS) is 1. The van der Waals surface area contributed by atoms with E-state index in [0.29, 0.717) is 53.4 Å². The fraction of sp³-hybridized carbons (Fsp3) is 0.364. The van der Waals surface area contributed by atoms with Crippen LogP contribution in [0.15, 0.2) is 50.5 Å². The van der Waals surface area contributed by atoms with Crippen molar-refractivity contribution in [2.45, 2.75) is 31.7 Å². The van der Waals surface area contributed by atoms with E-state index in [9.17, 15) is 19.1 Å². The van der Waals surface area contributed by atoms with Crippen LogP contribution in [0.1, 0.15) is 42.3 Å². The first-order valence-corrected chi connectivity index (χ1v) is 11.8. The highest BCUT2D eigenvalue weighted by Gasteiger charge is 2.38. The molecule has 1 aliphatic heterocycles. The van der Waals surface area contributed by atoms with Crippen LogP contribution in [0.3, 0.4) is 0 Å². The van der Waals surface area contributed by atoms with Crippen LogP contribution in [0, 0.1) is 17.7 Å². The Bertz CT molecular complexity index is 1090. The number of nitrogens with one attached hydrogen (secondary N) is 1. The van der Waals surface area contributed by atoms with Crippen molar-refractivity contribution in [3.63, 3.8) is 0 Å². The highest BCUT2D eigenvalue weighted by Crippen LogP contribution is 2.42. The smallest absolute Gasteiger partial charge is 0.338 e. The molecular formula is C22H21BrFN3O4S. The Labute approximate surface area is 196 Å². The van der Waals surface area contributed by atoms with E-state index in [2.05, 4.69) is 26.2 Å². The number of carboxylic acids is 1. The van der Waals surface area contributed by atoms with Gasteiger partial charge < -0.3 is 15.2 Å². The number of hydrogen-bond donors (Lipinski definition) is 2. The third kappa shape index (κ3) is 4.33. The first-order valence-electron chi connectivity index (χ1n) is 10.1. The third-order valence-electron chi connectivity index (χ3n) is 5.88. The molecule has 0 radical (unpaired) electrons. The fourth-order valence-corrected chi connectivity index (χ4v) is 5.33. The van der Waals surface area contributed by atoms with Crippen molar-refractivity contribution in [1.82, 2.24) is 10.3 Å². The molecule has 0 saturated heterocycles. The van der Waals surface area contributed by atoms with Gasteiger partial charge in [0, 0.05) is 17.3 Å². The van der Waals surface area contributed by atoms with E-state index < -0.39 is 29.7 Å². The SMILES string of the molecule is COC(=O)C1=C(C2CCC(C(=O)O)CC2)NC(c2nccs2)=N[C@H]1c1cccc(F)c1Br. The highest BCUT2D eigenvalue weighted by atomic mass is 79.9. The number of amidine groups is 1. The molecule has 2 heterocycles. The lowest BCUT2D eigenvalue weighted by Gasteiger charge is -2.34. The fourth-order valence-electron chi connectivity index (χ4n) is 4.26. The topological polar surface area (TPSA) is 101 Å². The summed E-state index contributed by atoms with van der Waals surface area (Å²) in [5.74, 6) is -1.80. The molecule has 1 aromatic carbocycles. The number of carbonyl (C=O) groups is 2. The number of ether oxygens (including phenoxy) is 1. The van der Waals surface area contributed by atoms with Gasteiger partial charge in [-0.25, -0.2) is 14.2 Å². The summed E-state index contributed by atoms with van der Waals surface area (Å²) >= 11 is 4.70. The van der Waals surface area contributed by atoms with Crippen molar-refractivity contribution in [2.75, 3.05) is 7.11 Å². The Morgan fingerprint density at radius 1 is 1.28 bits per heavy atom. The number of thiazole rings is 1. The van der Waals surface area contributed by atoms with Crippen LogP contribution in [0.5, 0.6) is 0 Å². The van der Waals surface area contributed by atoms with Crippen molar-refractivity contribution < 1.29 is 23.8 Å². The minimum atomic E-state index is -0.806. The number of benzene rings is 1. The number of nitrogens with zero attached hydrogens (tertiary/aromatic N) is 2. The molecule has 32 heavy (non-hydrogen) atoms. The lowest BCUT2D eigenvalue weighted by Crippen LogP contribution is -2.38. The molecule has 0 bridgehead atoms. The van der Waals surface area contributed by atoms with Crippen molar-refractivity contribution in [3.05, 3.63) is 61.9 Å². The molecule has 1 aromatic heterocycles. The van der Waals surface area contributed by atoms with Crippen molar-refractivity contribution in [3.8, 4) is 0 Å². The normalized spacial score (nSPS) is 23.3. The van der Waals surface area contributed by atoms with E-state index >= 15 is 0 Å². The number of carbonyl (C=O) groups excluding carboxylic acids is 1. The maximum atomic E-state index is 14.4. The summed E-state index contributed by atoms with van der Waals surface area (Å²) in [6.45, 7) is 0. The predicted octanol–water partition coefficient (Wildman–Crippen LogP) is 4.45. The maximum absolute atomic E-state index is 14.4. The molecule has 4 rings (SSSR count). The molecule has 0 amide bonds. The monoisotopic (exact) mass is 521 g/mol. The summed E-state index contributed by atoms with van der Waals surface area (Å²) in [5, 5.41) is 15.1. The van der Waals surface area contributed by atoms with E-state index in [0.717, 1.165) is 0 Å². The number of hydrogen-bond acceptors (Lipinski definition) is 7. The molecule has 2 N–H and O–H groups in total. The second-order valence-corrected chi connectivity index (χ2v) is 9.38. The van der Waals surface area contributed by atoms with Crippen LogP contribution in [0.2, 0.25) is 0 Å². The molecule has 10 heteroatoms. The summed E-state index contributed by atoms with van der Waals surface area (Å²) in [4.78, 5) is 33.4. The van der Waals surface area contributed by atoms with Crippen LogP contribution < -0.4 is 5.32 Å². The zero-order valence-corrected chi connectivity index (χ0v) is 19.6. The van der Waals surface area contributed by atoms with Gasteiger partial charge in [0.05, 0.1) is 23.1 Å². The van der Waals surface area contributed by atoms with Gasteiger partial charge in [-0.1, -0.05) is 12.1 Å². The Kier molecular flexibility index (Phi) is 6.71. The zero-order valence-electron chi connectivity index (χ0n) is 17.2. The second-order valence-electron chi connectivity index (χ2n) is 7.69. The molecule has 1 saturated carbocycles. The summed E-state index contributed by atoms with van der Waals surface area (Å²) in [5.41, 5.74) is 1.44. The van der Waals surface area contributed by atoms with Gasteiger partial charge in [-0.2, -0.15) is 0 Å². The van der Waals surface area contributed by atoms with Gasteiger partial charge in [0.15, 0.2) is 10.8 Å². The molecule has 2 aliphatic rings. The van der Waals surface area contributed by atoms with Gasteiger partial charge in [-0.3, -0.25) is 9.79 Å². The summed E-state index contributed by atoms with van der Waals surface area (Å²) < 4.78 is 19.7. The Hall–Kier alpha value is -2.59. The van der Waals surface area contributed by atoms with E-state index in [1.54, 1.807) is 18.3 Å². The van der Waals surface area contributed by atoms with Crippen LogP contribution in [-0.4, -0.2) is 35.0 Å². The number of aromatic nitrogens is 1. The number of allylic oxidation sites excluding steroid dienone is 1. The minimum absolute atomic E-state index is 0.0833. The predicted molar refractivity (Wildman–Crippen MR) is 121 cm³/mol. The largest absolute Gasteiger partial charge is 0.481 e. The number of halogens is 2. The van der Waals surface area contributed by atoms with Gasteiger partial charge in [-0.15, -0.1) is 11.3 Å².